The number of carbonyl (C=O) groups excluding carboxylic acids is 2. The summed E-state index contributed by atoms with van der Waals surface area (Å²) in [6.45, 7) is 6.08. The van der Waals surface area contributed by atoms with Crippen LogP contribution in [0, 0.1) is 0 Å². The van der Waals surface area contributed by atoms with Gasteiger partial charge in [0.05, 0.1) is 19.6 Å². The first kappa shape index (κ1) is 14.5. The molecule has 102 valence electrons. The van der Waals surface area contributed by atoms with Crippen molar-refractivity contribution in [1.82, 2.24) is 0 Å². The van der Waals surface area contributed by atoms with Crippen molar-refractivity contribution in [3.8, 4) is 0 Å². The summed E-state index contributed by atoms with van der Waals surface area (Å²) >= 11 is 0. The van der Waals surface area contributed by atoms with E-state index in [1.807, 2.05) is 20.8 Å². The fourth-order valence-corrected chi connectivity index (χ4v) is 1.18. The number of carbonyl (C=O) groups is 2. The van der Waals surface area contributed by atoms with Crippen molar-refractivity contribution in [3.05, 3.63) is 11.8 Å². The van der Waals surface area contributed by atoms with Crippen molar-refractivity contribution in [3.63, 3.8) is 0 Å². The molecule has 0 saturated carbocycles. The standard InChI is InChI=1S/C12H18O6/c1-12(2,3)18-10(13)5-7-15-6-4-9-8-16-11(14)17-9/h4H,5-8H2,1-3H3/b9-4+. The maximum absolute atomic E-state index is 11.3. The lowest BCUT2D eigenvalue weighted by Gasteiger charge is -2.19. The smallest absolute Gasteiger partial charge is 0.460 e. The zero-order valence-electron chi connectivity index (χ0n) is 10.9. The number of hydrogen-bond donors (Lipinski definition) is 0. The fraction of sp³-hybridized carbons (Fsp3) is 0.667. The van der Waals surface area contributed by atoms with E-state index in [1.165, 1.54) is 0 Å². The zero-order valence-corrected chi connectivity index (χ0v) is 10.9. The molecule has 0 spiro atoms. The molecule has 1 heterocycles. The van der Waals surface area contributed by atoms with Gasteiger partial charge in [-0.15, -0.1) is 0 Å². The highest BCUT2D eigenvalue weighted by Gasteiger charge is 2.18. The van der Waals surface area contributed by atoms with Crippen LogP contribution in [0.5, 0.6) is 0 Å². The summed E-state index contributed by atoms with van der Waals surface area (Å²) in [6, 6.07) is 0. The van der Waals surface area contributed by atoms with Crippen LogP contribution in [0.25, 0.3) is 0 Å². The highest BCUT2D eigenvalue weighted by atomic mass is 16.8. The van der Waals surface area contributed by atoms with Crippen molar-refractivity contribution in [2.45, 2.75) is 32.8 Å². The second-order valence-corrected chi connectivity index (χ2v) is 4.72. The summed E-state index contributed by atoms with van der Waals surface area (Å²) in [7, 11) is 0. The van der Waals surface area contributed by atoms with Crippen LogP contribution in [-0.2, 0) is 23.7 Å². The molecule has 0 aliphatic carbocycles. The Balaban J connectivity index is 2.08. The third-order valence-corrected chi connectivity index (χ3v) is 1.85. The van der Waals surface area contributed by atoms with Gasteiger partial charge in [-0.25, -0.2) is 4.79 Å². The Kier molecular flexibility index (Phi) is 5.15. The summed E-state index contributed by atoms with van der Waals surface area (Å²) in [4.78, 5) is 21.9. The Morgan fingerprint density at radius 3 is 2.72 bits per heavy atom. The van der Waals surface area contributed by atoms with Crippen LogP contribution in [-0.4, -0.2) is 37.5 Å². The van der Waals surface area contributed by atoms with Gasteiger partial charge in [-0.3, -0.25) is 4.79 Å². The number of rotatable bonds is 5. The van der Waals surface area contributed by atoms with E-state index in [1.54, 1.807) is 6.08 Å². The van der Waals surface area contributed by atoms with Crippen LogP contribution in [0.1, 0.15) is 27.2 Å². The van der Waals surface area contributed by atoms with Gasteiger partial charge in [-0.05, 0) is 26.8 Å². The van der Waals surface area contributed by atoms with Crippen LogP contribution in [0.2, 0.25) is 0 Å². The SMILES string of the molecule is CC(C)(C)OC(=O)CCOC/C=C1\COC(=O)O1. The molecular formula is C12H18O6. The number of hydrogen-bond acceptors (Lipinski definition) is 6. The van der Waals surface area contributed by atoms with Gasteiger partial charge in [-0.2, -0.15) is 0 Å². The number of ether oxygens (including phenoxy) is 4. The molecule has 0 aromatic rings. The van der Waals surface area contributed by atoms with Crippen molar-refractivity contribution in [2.75, 3.05) is 19.8 Å². The minimum absolute atomic E-state index is 0.133. The fourth-order valence-electron chi connectivity index (χ4n) is 1.18. The van der Waals surface area contributed by atoms with Crippen molar-refractivity contribution in [1.29, 1.82) is 0 Å². The molecule has 1 fully saturated rings. The summed E-state index contributed by atoms with van der Waals surface area (Å²) in [5.74, 6) is 0.128. The predicted octanol–water partition coefficient (Wildman–Crippen LogP) is 1.79. The van der Waals surface area contributed by atoms with Crippen molar-refractivity contribution in [2.24, 2.45) is 0 Å². The van der Waals surface area contributed by atoms with E-state index in [4.69, 9.17) is 9.47 Å². The van der Waals surface area contributed by atoms with Crippen LogP contribution in [0.15, 0.2) is 11.8 Å². The van der Waals surface area contributed by atoms with Crippen LogP contribution >= 0.6 is 0 Å². The lowest BCUT2D eigenvalue weighted by atomic mass is 10.2. The van der Waals surface area contributed by atoms with E-state index in [-0.39, 0.29) is 32.2 Å². The highest BCUT2D eigenvalue weighted by molar-refractivity contribution is 5.69. The average Bonchev–Trinajstić information content (AvgIpc) is 2.61. The maximum atomic E-state index is 11.3. The van der Waals surface area contributed by atoms with Gasteiger partial charge in [0.2, 0.25) is 0 Å². The molecule has 0 unspecified atom stereocenters. The first-order valence-corrected chi connectivity index (χ1v) is 5.70. The second kappa shape index (κ2) is 6.39. The zero-order chi connectivity index (χ0) is 13.6. The van der Waals surface area contributed by atoms with Gasteiger partial charge in [0.25, 0.3) is 0 Å². The normalized spacial score (nSPS) is 17.5. The molecule has 0 atom stereocenters. The first-order valence-electron chi connectivity index (χ1n) is 5.70. The molecule has 0 aromatic carbocycles. The largest absolute Gasteiger partial charge is 0.514 e. The minimum Gasteiger partial charge on any atom is -0.460 e. The van der Waals surface area contributed by atoms with Gasteiger partial charge in [0.15, 0.2) is 6.61 Å². The van der Waals surface area contributed by atoms with Gasteiger partial charge in [0, 0.05) is 0 Å². The van der Waals surface area contributed by atoms with E-state index >= 15 is 0 Å². The predicted molar refractivity (Wildman–Crippen MR) is 61.8 cm³/mol. The lowest BCUT2D eigenvalue weighted by molar-refractivity contribution is -0.155. The first-order chi connectivity index (χ1) is 8.37. The molecule has 0 amide bonds. The monoisotopic (exact) mass is 258 g/mol. The third kappa shape index (κ3) is 6.24. The molecule has 18 heavy (non-hydrogen) atoms. The van der Waals surface area contributed by atoms with Gasteiger partial charge >= 0.3 is 12.1 Å². The second-order valence-electron chi connectivity index (χ2n) is 4.72. The van der Waals surface area contributed by atoms with E-state index in [0.717, 1.165) is 0 Å². The summed E-state index contributed by atoms with van der Waals surface area (Å²) in [5.41, 5.74) is -0.478. The molecule has 1 rings (SSSR count). The Morgan fingerprint density at radius 2 is 2.17 bits per heavy atom. The quantitative estimate of drug-likeness (QED) is 0.553. The van der Waals surface area contributed by atoms with Gasteiger partial charge in [-0.1, -0.05) is 0 Å². The van der Waals surface area contributed by atoms with Crippen LogP contribution in [0.3, 0.4) is 0 Å². The van der Waals surface area contributed by atoms with E-state index in [2.05, 4.69) is 9.47 Å². The molecular weight excluding hydrogens is 240 g/mol. The number of cyclic esters (lactones) is 2. The van der Waals surface area contributed by atoms with Gasteiger partial charge in [0.1, 0.15) is 11.4 Å². The Labute approximate surface area is 106 Å². The maximum Gasteiger partial charge on any atom is 0.514 e. The van der Waals surface area contributed by atoms with Crippen LogP contribution < -0.4 is 0 Å². The molecule has 1 aliphatic heterocycles. The molecule has 6 nitrogen and oxygen atoms in total. The summed E-state index contributed by atoms with van der Waals surface area (Å²) in [5, 5.41) is 0. The topological polar surface area (TPSA) is 71.1 Å². The Morgan fingerprint density at radius 1 is 1.44 bits per heavy atom. The van der Waals surface area contributed by atoms with Gasteiger partial charge < -0.3 is 18.9 Å². The summed E-state index contributed by atoms with van der Waals surface area (Å²) < 4.78 is 19.5. The third-order valence-electron chi connectivity index (χ3n) is 1.85. The molecule has 0 radical (unpaired) electrons. The minimum atomic E-state index is -0.699. The molecule has 6 heteroatoms. The Bertz CT molecular complexity index is 339. The van der Waals surface area contributed by atoms with Crippen molar-refractivity contribution >= 4 is 12.1 Å². The molecule has 0 aromatic heterocycles. The molecule has 1 aliphatic rings. The molecule has 0 N–H and O–H groups in total. The molecule has 1 saturated heterocycles. The number of esters is 1. The van der Waals surface area contributed by atoms with Crippen molar-refractivity contribution < 1.29 is 28.5 Å². The van der Waals surface area contributed by atoms with E-state index in [0.29, 0.717) is 5.76 Å². The van der Waals surface area contributed by atoms with E-state index in [9.17, 15) is 9.59 Å². The average molecular weight is 258 g/mol. The van der Waals surface area contributed by atoms with Crippen LogP contribution in [0.4, 0.5) is 4.79 Å². The van der Waals surface area contributed by atoms with E-state index < -0.39 is 11.8 Å². The molecule has 0 bridgehead atoms. The summed E-state index contributed by atoms with van der Waals surface area (Å²) in [6.07, 6.45) is 1.09. The highest BCUT2D eigenvalue weighted by Crippen LogP contribution is 2.10. The Hall–Kier alpha value is -1.56. The lowest BCUT2D eigenvalue weighted by Crippen LogP contribution is -2.24.